The molecule has 0 aliphatic heterocycles. The summed E-state index contributed by atoms with van der Waals surface area (Å²) in [6.45, 7) is 8.74. The molecule has 0 aliphatic carbocycles. The van der Waals surface area contributed by atoms with E-state index in [0.29, 0.717) is 6.61 Å². The van der Waals surface area contributed by atoms with E-state index in [0.717, 1.165) is 18.8 Å². The number of rotatable bonds is 6. The van der Waals surface area contributed by atoms with Gasteiger partial charge in [-0.25, -0.2) is 0 Å². The highest BCUT2D eigenvalue weighted by Crippen LogP contribution is 2.17. The van der Waals surface area contributed by atoms with Crippen LogP contribution in [0.1, 0.15) is 22.3 Å². The molecule has 0 bridgehead atoms. The Morgan fingerprint density at radius 1 is 1.15 bits per heavy atom. The number of methoxy groups -OCH3 is 1. The average Bonchev–Trinajstić information content (AvgIpc) is 2.87. The highest BCUT2D eigenvalue weighted by molar-refractivity contribution is 5.42. The molecule has 1 heterocycles. The molecule has 0 amide bonds. The molecule has 1 aromatic carbocycles. The van der Waals surface area contributed by atoms with Crippen LogP contribution in [-0.2, 0) is 17.8 Å². The van der Waals surface area contributed by atoms with Gasteiger partial charge in [0.2, 0.25) is 0 Å². The molecule has 4 heteroatoms. The normalized spacial score (nSPS) is 10.8. The summed E-state index contributed by atoms with van der Waals surface area (Å²) in [5.74, 6) is 0. The van der Waals surface area contributed by atoms with Crippen LogP contribution in [0.3, 0.4) is 0 Å². The lowest BCUT2D eigenvalue weighted by atomic mass is 10.0. The van der Waals surface area contributed by atoms with E-state index in [1.165, 1.54) is 22.3 Å². The zero-order chi connectivity index (χ0) is 14.5. The van der Waals surface area contributed by atoms with Gasteiger partial charge < -0.3 is 10.1 Å². The first-order valence-electron chi connectivity index (χ1n) is 6.92. The van der Waals surface area contributed by atoms with Gasteiger partial charge in [0, 0.05) is 19.9 Å². The van der Waals surface area contributed by atoms with E-state index in [9.17, 15) is 0 Å². The minimum atomic E-state index is 0.678. The number of hydrogen-bond acceptors (Lipinski definition) is 3. The van der Waals surface area contributed by atoms with E-state index in [2.05, 4.69) is 43.3 Å². The second-order valence-corrected chi connectivity index (χ2v) is 5.20. The molecule has 20 heavy (non-hydrogen) atoms. The van der Waals surface area contributed by atoms with Crippen LogP contribution >= 0.6 is 0 Å². The molecule has 4 nitrogen and oxygen atoms in total. The summed E-state index contributed by atoms with van der Waals surface area (Å²) < 4.78 is 6.93. The van der Waals surface area contributed by atoms with Gasteiger partial charge in [0.25, 0.3) is 0 Å². The molecule has 0 unspecified atom stereocenters. The van der Waals surface area contributed by atoms with Crippen molar-refractivity contribution >= 4 is 5.69 Å². The highest BCUT2D eigenvalue weighted by atomic mass is 16.5. The number of nitrogens with zero attached hydrogens (tertiary/aromatic N) is 2. The monoisotopic (exact) mass is 273 g/mol. The van der Waals surface area contributed by atoms with Gasteiger partial charge in [0.1, 0.15) is 0 Å². The minimum absolute atomic E-state index is 0.678. The van der Waals surface area contributed by atoms with Crippen molar-refractivity contribution in [3.8, 4) is 0 Å². The van der Waals surface area contributed by atoms with Crippen molar-refractivity contribution in [3.63, 3.8) is 0 Å². The molecule has 1 aromatic heterocycles. The Bertz CT molecular complexity index is 575. The number of benzene rings is 1. The lowest BCUT2D eigenvalue weighted by molar-refractivity contribution is 0.183. The maximum Gasteiger partial charge on any atom is 0.0729 e. The summed E-state index contributed by atoms with van der Waals surface area (Å²) in [7, 11) is 1.70. The van der Waals surface area contributed by atoms with Crippen LogP contribution in [0.25, 0.3) is 0 Å². The van der Waals surface area contributed by atoms with Crippen LogP contribution in [0.2, 0.25) is 0 Å². The van der Waals surface area contributed by atoms with Gasteiger partial charge in [-0.1, -0.05) is 12.1 Å². The third-order valence-corrected chi connectivity index (χ3v) is 3.59. The standard InChI is InChI=1S/C16H23N3O/c1-12-7-14(3)15(8-13(12)2)9-17-16-10-18-19(11-16)5-6-20-4/h7-8,10-11,17H,5-6,9H2,1-4H3. The summed E-state index contributed by atoms with van der Waals surface area (Å²) in [6, 6.07) is 4.50. The zero-order valence-corrected chi connectivity index (χ0v) is 12.7. The van der Waals surface area contributed by atoms with Gasteiger partial charge in [-0.2, -0.15) is 5.10 Å². The Hall–Kier alpha value is -1.81. The first-order chi connectivity index (χ1) is 9.60. The van der Waals surface area contributed by atoms with Crippen LogP contribution in [-0.4, -0.2) is 23.5 Å². The van der Waals surface area contributed by atoms with Crippen molar-refractivity contribution < 1.29 is 4.74 Å². The molecule has 0 saturated carbocycles. The number of ether oxygens (including phenoxy) is 1. The van der Waals surface area contributed by atoms with E-state index in [4.69, 9.17) is 4.74 Å². The average molecular weight is 273 g/mol. The molecule has 0 atom stereocenters. The number of aryl methyl sites for hydroxylation is 3. The number of anilines is 1. The maximum atomic E-state index is 5.04. The molecule has 0 fully saturated rings. The molecule has 2 rings (SSSR count). The Labute approximate surface area is 120 Å². The topological polar surface area (TPSA) is 39.1 Å². The molecule has 1 N–H and O–H groups in total. The smallest absolute Gasteiger partial charge is 0.0729 e. The molecule has 2 aromatic rings. The molecular formula is C16H23N3O. The van der Waals surface area contributed by atoms with Crippen molar-refractivity contribution in [2.75, 3.05) is 19.0 Å². The van der Waals surface area contributed by atoms with Crippen LogP contribution in [0.5, 0.6) is 0 Å². The number of hydrogen-bond donors (Lipinski definition) is 1. The van der Waals surface area contributed by atoms with Gasteiger partial charge >= 0.3 is 0 Å². The second-order valence-electron chi connectivity index (χ2n) is 5.20. The van der Waals surface area contributed by atoms with Crippen molar-refractivity contribution in [3.05, 3.63) is 46.8 Å². The van der Waals surface area contributed by atoms with Crippen molar-refractivity contribution in [2.45, 2.75) is 33.9 Å². The van der Waals surface area contributed by atoms with Crippen molar-refractivity contribution in [1.82, 2.24) is 9.78 Å². The lowest BCUT2D eigenvalue weighted by Crippen LogP contribution is -2.04. The highest BCUT2D eigenvalue weighted by Gasteiger charge is 2.03. The molecular weight excluding hydrogens is 250 g/mol. The Kier molecular flexibility index (Phi) is 4.79. The van der Waals surface area contributed by atoms with Crippen molar-refractivity contribution in [1.29, 1.82) is 0 Å². The summed E-state index contributed by atoms with van der Waals surface area (Å²) in [5, 5.41) is 7.72. The van der Waals surface area contributed by atoms with Crippen LogP contribution in [0.15, 0.2) is 24.5 Å². The zero-order valence-electron chi connectivity index (χ0n) is 12.7. The molecule has 108 valence electrons. The van der Waals surface area contributed by atoms with E-state index < -0.39 is 0 Å². The first kappa shape index (κ1) is 14.6. The third-order valence-electron chi connectivity index (χ3n) is 3.59. The summed E-state index contributed by atoms with van der Waals surface area (Å²) in [5.41, 5.74) is 6.38. The van der Waals surface area contributed by atoms with Gasteiger partial charge in [0.15, 0.2) is 0 Å². The van der Waals surface area contributed by atoms with E-state index >= 15 is 0 Å². The first-order valence-corrected chi connectivity index (χ1v) is 6.92. The fourth-order valence-corrected chi connectivity index (χ4v) is 2.17. The lowest BCUT2D eigenvalue weighted by Gasteiger charge is -2.10. The Balaban J connectivity index is 1.98. The van der Waals surface area contributed by atoms with Gasteiger partial charge in [-0.3, -0.25) is 4.68 Å². The van der Waals surface area contributed by atoms with Gasteiger partial charge in [-0.15, -0.1) is 0 Å². The molecule has 0 spiro atoms. The quantitative estimate of drug-likeness (QED) is 0.879. The fraction of sp³-hybridized carbons (Fsp3) is 0.438. The fourth-order valence-electron chi connectivity index (χ4n) is 2.17. The SMILES string of the molecule is COCCn1cc(NCc2cc(C)c(C)cc2C)cn1. The van der Waals surface area contributed by atoms with Gasteiger partial charge in [0.05, 0.1) is 25.0 Å². The summed E-state index contributed by atoms with van der Waals surface area (Å²) in [6.07, 6.45) is 3.86. The van der Waals surface area contributed by atoms with E-state index in [1.54, 1.807) is 7.11 Å². The largest absolute Gasteiger partial charge is 0.383 e. The number of nitrogens with one attached hydrogen (secondary N) is 1. The third kappa shape index (κ3) is 3.61. The maximum absolute atomic E-state index is 5.04. The van der Waals surface area contributed by atoms with Crippen LogP contribution in [0.4, 0.5) is 5.69 Å². The minimum Gasteiger partial charge on any atom is -0.383 e. The second kappa shape index (κ2) is 6.57. The predicted molar refractivity (Wildman–Crippen MR) is 82.1 cm³/mol. The van der Waals surface area contributed by atoms with Crippen molar-refractivity contribution in [2.24, 2.45) is 0 Å². The molecule has 0 saturated heterocycles. The Morgan fingerprint density at radius 2 is 1.90 bits per heavy atom. The van der Waals surface area contributed by atoms with Crippen LogP contribution < -0.4 is 5.32 Å². The Morgan fingerprint density at radius 3 is 2.65 bits per heavy atom. The summed E-state index contributed by atoms with van der Waals surface area (Å²) >= 11 is 0. The summed E-state index contributed by atoms with van der Waals surface area (Å²) in [4.78, 5) is 0. The molecule has 0 aliphatic rings. The predicted octanol–water partition coefficient (Wildman–Crippen LogP) is 3.07. The van der Waals surface area contributed by atoms with E-state index in [-0.39, 0.29) is 0 Å². The van der Waals surface area contributed by atoms with Gasteiger partial charge in [-0.05, 0) is 43.0 Å². The van der Waals surface area contributed by atoms with Crippen LogP contribution in [0, 0.1) is 20.8 Å². The van der Waals surface area contributed by atoms with E-state index in [1.807, 2.05) is 17.1 Å². The molecule has 0 radical (unpaired) electrons. The number of aromatic nitrogens is 2.